The van der Waals surface area contributed by atoms with E-state index in [2.05, 4.69) is 15.3 Å². The largest absolute Gasteiger partial charge is 0.373 e. The van der Waals surface area contributed by atoms with Gasteiger partial charge >= 0.3 is 0 Å². The second kappa shape index (κ2) is 5.09. The molecule has 0 saturated heterocycles. The Bertz CT molecular complexity index is 831. The van der Waals surface area contributed by atoms with Crippen LogP contribution >= 0.6 is 0 Å². The highest BCUT2D eigenvalue weighted by atomic mass is 19.1. The Morgan fingerprint density at radius 1 is 1.00 bits per heavy atom. The van der Waals surface area contributed by atoms with E-state index in [-0.39, 0.29) is 11.6 Å². The number of anilines is 1. The lowest BCUT2D eigenvalue weighted by Crippen LogP contribution is -1.99. The van der Waals surface area contributed by atoms with Crippen LogP contribution in [-0.4, -0.2) is 17.0 Å². The smallest absolute Gasteiger partial charge is 0.162 e. The minimum Gasteiger partial charge on any atom is -0.373 e. The first-order valence-electron chi connectivity index (χ1n) is 6.50. The third-order valence-electron chi connectivity index (χ3n) is 3.31. The van der Waals surface area contributed by atoms with E-state index in [9.17, 15) is 8.78 Å². The number of hydrogen-bond donors (Lipinski definition) is 1. The molecule has 0 radical (unpaired) electrons. The van der Waals surface area contributed by atoms with E-state index in [0.717, 1.165) is 5.56 Å². The Labute approximate surface area is 120 Å². The third-order valence-corrected chi connectivity index (χ3v) is 3.31. The lowest BCUT2D eigenvalue weighted by molar-refractivity contribution is 0.618. The van der Waals surface area contributed by atoms with Crippen LogP contribution in [0.15, 0.2) is 36.4 Å². The van der Waals surface area contributed by atoms with Crippen LogP contribution in [0.5, 0.6) is 0 Å². The van der Waals surface area contributed by atoms with Crippen molar-refractivity contribution >= 4 is 16.7 Å². The van der Waals surface area contributed by atoms with Crippen LogP contribution in [0.25, 0.3) is 22.3 Å². The maximum atomic E-state index is 13.4. The van der Waals surface area contributed by atoms with Crippen molar-refractivity contribution in [2.24, 2.45) is 0 Å². The van der Waals surface area contributed by atoms with E-state index in [1.807, 2.05) is 0 Å². The summed E-state index contributed by atoms with van der Waals surface area (Å²) in [6.07, 6.45) is 0. The monoisotopic (exact) mass is 285 g/mol. The van der Waals surface area contributed by atoms with Crippen molar-refractivity contribution in [1.82, 2.24) is 9.97 Å². The Hall–Kier alpha value is -2.56. The number of fused-ring (bicyclic) bond motifs is 1. The van der Waals surface area contributed by atoms with E-state index in [4.69, 9.17) is 0 Å². The van der Waals surface area contributed by atoms with Gasteiger partial charge in [0.1, 0.15) is 17.5 Å². The predicted molar refractivity (Wildman–Crippen MR) is 79.2 cm³/mol. The van der Waals surface area contributed by atoms with Crippen LogP contribution in [0.4, 0.5) is 14.6 Å². The molecule has 2 aromatic carbocycles. The molecule has 0 fully saturated rings. The number of aryl methyl sites for hydroxylation is 1. The molecule has 0 unspecified atom stereocenters. The number of halogens is 2. The summed E-state index contributed by atoms with van der Waals surface area (Å²) >= 11 is 0. The van der Waals surface area contributed by atoms with Gasteiger partial charge in [-0.1, -0.05) is 0 Å². The summed E-state index contributed by atoms with van der Waals surface area (Å²) in [4.78, 5) is 8.82. The van der Waals surface area contributed by atoms with Crippen LogP contribution in [0, 0.1) is 18.6 Å². The second-order valence-electron chi connectivity index (χ2n) is 4.77. The van der Waals surface area contributed by atoms with Crippen molar-refractivity contribution in [2.75, 3.05) is 12.4 Å². The summed E-state index contributed by atoms with van der Waals surface area (Å²) in [5.74, 6) is 0.404. The van der Waals surface area contributed by atoms with Gasteiger partial charge in [-0.15, -0.1) is 0 Å². The van der Waals surface area contributed by atoms with E-state index in [1.165, 1.54) is 18.2 Å². The fourth-order valence-electron chi connectivity index (χ4n) is 2.20. The number of nitrogens with one attached hydrogen (secondary N) is 1. The van der Waals surface area contributed by atoms with Gasteiger partial charge in [-0.3, -0.25) is 0 Å². The lowest BCUT2D eigenvalue weighted by Gasteiger charge is -2.09. The molecule has 106 valence electrons. The topological polar surface area (TPSA) is 37.8 Å². The Balaban J connectivity index is 2.23. The predicted octanol–water partition coefficient (Wildman–Crippen LogP) is 3.93. The van der Waals surface area contributed by atoms with E-state index in [0.29, 0.717) is 28.1 Å². The number of benzene rings is 2. The summed E-state index contributed by atoms with van der Waals surface area (Å²) in [6, 6.07) is 9.07. The standard InChI is InChI=1S/C16H13F2N3/c1-9-7-10(3-5-13(9)18)15-20-14-6-4-11(17)8-12(14)16(19-2)21-15/h3-8H,1-2H3,(H,19,20,21). The summed E-state index contributed by atoms with van der Waals surface area (Å²) in [5.41, 5.74) is 1.88. The molecule has 5 heteroatoms. The molecule has 1 heterocycles. The third kappa shape index (κ3) is 2.42. The quantitative estimate of drug-likeness (QED) is 0.775. The normalized spacial score (nSPS) is 10.9. The zero-order valence-electron chi connectivity index (χ0n) is 11.6. The van der Waals surface area contributed by atoms with Crippen molar-refractivity contribution < 1.29 is 8.78 Å². The van der Waals surface area contributed by atoms with E-state index >= 15 is 0 Å². The van der Waals surface area contributed by atoms with E-state index in [1.54, 1.807) is 32.2 Å². The average molecular weight is 285 g/mol. The minimum absolute atomic E-state index is 0.268. The second-order valence-corrected chi connectivity index (χ2v) is 4.77. The van der Waals surface area contributed by atoms with Crippen LogP contribution in [0.2, 0.25) is 0 Å². The molecule has 1 N–H and O–H groups in total. The molecule has 0 aliphatic heterocycles. The Morgan fingerprint density at radius 3 is 2.52 bits per heavy atom. The number of aromatic nitrogens is 2. The van der Waals surface area contributed by atoms with Crippen molar-refractivity contribution in [1.29, 1.82) is 0 Å². The van der Waals surface area contributed by atoms with Crippen LogP contribution in [-0.2, 0) is 0 Å². The highest BCUT2D eigenvalue weighted by Gasteiger charge is 2.10. The van der Waals surface area contributed by atoms with Crippen LogP contribution in [0.3, 0.4) is 0 Å². The molecule has 0 saturated carbocycles. The summed E-state index contributed by atoms with van der Waals surface area (Å²) in [5, 5.41) is 3.55. The zero-order chi connectivity index (χ0) is 15.0. The molecular weight excluding hydrogens is 272 g/mol. The van der Waals surface area contributed by atoms with Gasteiger partial charge in [-0.25, -0.2) is 18.7 Å². The lowest BCUT2D eigenvalue weighted by atomic mass is 10.1. The molecule has 3 rings (SSSR count). The van der Waals surface area contributed by atoms with Gasteiger partial charge in [0.15, 0.2) is 5.82 Å². The highest BCUT2D eigenvalue weighted by Crippen LogP contribution is 2.26. The molecule has 0 aliphatic rings. The van der Waals surface area contributed by atoms with E-state index < -0.39 is 0 Å². The maximum absolute atomic E-state index is 13.4. The molecule has 3 aromatic rings. The van der Waals surface area contributed by atoms with Crippen LogP contribution in [0.1, 0.15) is 5.56 Å². The SMILES string of the molecule is CNc1nc(-c2ccc(F)c(C)c2)nc2ccc(F)cc12. The molecule has 0 amide bonds. The molecule has 21 heavy (non-hydrogen) atoms. The molecule has 0 atom stereocenters. The van der Waals surface area contributed by atoms with Crippen LogP contribution < -0.4 is 5.32 Å². The molecule has 0 aliphatic carbocycles. The first kappa shape index (κ1) is 13.4. The van der Waals surface area contributed by atoms with Gasteiger partial charge in [-0.05, 0) is 48.9 Å². The van der Waals surface area contributed by atoms with Crippen molar-refractivity contribution in [3.63, 3.8) is 0 Å². The van der Waals surface area contributed by atoms with Gasteiger partial charge < -0.3 is 5.32 Å². The first-order valence-corrected chi connectivity index (χ1v) is 6.50. The van der Waals surface area contributed by atoms with Gasteiger partial charge in [0.05, 0.1) is 5.52 Å². The summed E-state index contributed by atoms with van der Waals surface area (Å²) in [7, 11) is 1.71. The maximum Gasteiger partial charge on any atom is 0.162 e. The van der Waals surface area contributed by atoms with Crippen molar-refractivity contribution in [2.45, 2.75) is 6.92 Å². The Kier molecular flexibility index (Phi) is 3.25. The molecule has 3 nitrogen and oxygen atoms in total. The number of hydrogen-bond acceptors (Lipinski definition) is 3. The molecule has 1 aromatic heterocycles. The first-order chi connectivity index (χ1) is 10.1. The van der Waals surface area contributed by atoms with Gasteiger partial charge in [0.2, 0.25) is 0 Å². The van der Waals surface area contributed by atoms with Crippen molar-refractivity contribution in [3.8, 4) is 11.4 Å². The fraction of sp³-hybridized carbons (Fsp3) is 0.125. The minimum atomic E-state index is -0.340. The van der Waals surface area contributed by atoms with Crippen molar-refractivity contribution in [3.05, 3.63) is 53.6 Å². The van der Waals surface area contributed by atoms with Gasteiger partial charge in [0.25, 0.3) is 0 Å². The zero-order valence-corrected chi connectivity index (χ0v) is 11.6. The summed E-state index contributed by atoms with van der Waals surface area (Å²) in [6.45, 7) is 1.69. The number of nitrogens with zero attached hydrogens (tertiary/aromatic N) is 2. The molecule has 0 bridgehead atoms. The van der Waals surface area contributed by atoms with Gasteiger partial charge in [-0.2, -0.15) is 0 Å². The fourth-order valence-corrected chi connectivity index (χ4v) is 2.20. The Morgan fingerprint density at radius 2 is 1.81 bits per heavy atom. The number of rotatable bonds is 2. The summed E-state index contributed by atoms with van der Waals surface area (Å²) < 4.78 is 26.7. The molecule has 0 spiro atoms. The molecular formula is C16H13F2N3. The highest BCUT2D eigenvalue weighted by molar-refractivity contribution is 5.90. The average Bonchev–Trinajstić information content (AvgIpc) is 2.49. The van der Waals surface area contributed by atoms with Gasteiger partial charge in [0, 0.05) is 18.0 Å².